The number of halogens is 1. The van der Waals surface area contributed by atoms with Gasteiger partial charge in [0.2, 0.25) is 0 Å². The lowest BCUT2D eigenvalue weighted by Gasteiger charge is -2.16. The van der Waals surface area contributed by atoms with Gasteiger partial charge in [0.05, 0.1) is 16.2 Å². The Kier molecular flexibility index (Phi) is 7.31. The number of non-ortho nitro benzene ring substituents is 1. The van der Waals surface area contributed by atoms with Crippen molar-refractivity contribution in [3.63, 3.8) is 0 Å². The SMILES string of the molecule is CCCCC(CC)CNC(=O)c1cc([N+](=O)[O-])cc(Br)c1N. The highest BCUT2D eigenvalue weighted by molar-refractivity contribution is 9.10. The van der Waals surface area contributed by atoms with Crippen molar-refractivity contribution in [3.05, 3.63) is 32.3 Å². The van der Waals surface area contributed by atoms with E-state index in [4.69, 9.17) is 5.73 Å². The minimum absolute atomic E-state index is 0.131. The highest BCUT2D eigenvalue weighted by Gasteiger charge is 2.19. The van der Waals surface area contributed by atoms with Gasteiger partial charge in [0.15, 0.2) is 0 Å². The fraction of sp³-hybridized carbons (Fsp3) is 0.533. The molecule has 1 atom stereocenters. The van der Waals surface area contributed by atoms with E-state index in [2.05, 4.69) is 35.1 Å². The highest BCUT2D eigenvalue weighted by Crippen LogP contribution is 2.29. The molecule has 0 aliphatic carbocycles. The zero-order valence-electron chi connectivity index (χ0n) is 12.9. The monoisotopic (exact) mass is 371 g/mol. The molecule has 0 radical (unpaired) electrons. The number of nitrogens with two attached hydrogens (primary N) is 1. The lowest BCUT2D eigenvalue weighted by Crippen LogP contribution is -2.29. The molecule has 0 fully saturated rings. The maximum Gasteiger partial charge on any atom is 0.271 e. The van der Waals surface area contributed by atoms with Crippen molar-refractivity contribution < 1.29 is 9.72 Å². The van der Waals surface area contributed by atoms with Gasteiger partial charge in [-0.1, -0.05) is 33.1 Å². The van der Waals surface area contributed by atoms with E-state index in [-0.39, 0.29) is 22.8 Å². The van der Waals surface area contributed by atoms with Crippen LogP contribution in [-0.2, 0) is 0 Å². The molecular formula is C15H22BrN3O3. The number of amides is 1. The van der Waals surface area contributed by atoms with Gasteiger partial charge in [0, 0.05) is 23.2 Å². The summed E-state index contributed by atoms with van der Waals surface area (Å²) in [5, 5.41) is 13.7. The van der Waals surface area contributed by atoms with Crippen LogP contribution in [-0.4, -0.2) is 17.4 Å². The summed E-state index contributed by atoms with van der Waals surface area (Å²) in [6.45, 7) is 4.77. The molecule has 0 saturated carbocycles. The molecule has 122 valence electrons. The number of nitrogens with zero attached hydrogens (tertiary/aromatic N) is 1. The van der Waals surface area contributed by atoms with Crippen molar-refractivity contribution in [1.29, 1.82) is 0 Å². The number of benzene rings is 1. The lowest BCUT2D eigenvalue weighted by atomic mass is 9.99. The molecule has 0 aliphatic heterocycles. The summed E-state index contributed by atoms with van der Waals surface area (Å²) < 4.78 is 0.352. The molecule has 3 N–H and O–H groups in total. The van der Waals surface area contributed by atoms with E-state index >= 15 is 0 Å². The Morgan fingerprint density at radius 3 is 2.68 bits per heavy atom. The third-order valence-electron chi connectivity index (χ3n) is 3.66. The first-order valence-corrected chi connectivity index (χ1v) is 8.21. The standard InChI is InChI=1S/C15H22BrN3O3/c1-3-5-6-10(4-2)9-18-15(20)12-7-11(19(21)22)8-13(16)14(12)17/h7-8,10H,3-6,9,17H2,1-2H3,(H,18,20). The average Bonchev–Trinajstić information content (AvgIpc) is 2.49. The predicted octanol–water partition coefficient (Wildman–Crippen LogP) is 3.89. The van der Waals surface area contributed by atoms with E-state index in [0.29, 0.717) is 16.9 Å². The first-order chi connectivity index (χ1) is 10.4. The second kappa shape index (κ2) is 8.73. The summed E-state index contributed by atoms with van der Waals surface area (Å²) in [5.41, 5.74) is 6.02. The van der Waals surface area contributed by atoms with E-state index in [0.717, 1.165) is 25.7 Å². The normalized spacial score (nSPS) is 12.0. The van der Waals surface area contributed by atoms with Gasteiger partial charge in [-0.25, -0.2) is 0 Å². The molecule has 1 aromatic rings. The Bertz CT molecular complexity index is 549. The molecule has 1 amide bonds. The van der Waals surface area contributed by atoms with Crippen LogP contribution in [0.5, 0.6) is 0 Å². The summed E-state index contributed by atoms with van der Waals surface area (Å²) in [5.74, 6) is 0.0316. The average molecular weight is 372 g/mol. The third-order valence-corrected chi connectivity index (χ3v) is 4.32. The minimum Gasteiger partial charge on any atom is -0.397 e. The van der Waals surface area contributed by atoms with Crippen LogP contribution in [0.3, 0.4) is 0 Å². The quantitative estimate of drug-likeness (QED) is 0.411. The fourth-order valence-corrected chi connectivity index (χ4v) is 2.62. The second-order valence-corrected chi connectivity index (χ2v) is 6.13. The number of carbonyl (C=O) groups is 1. The van der Waals surface area contributed by atoms with Crippen LogP contribution in [0.1, 0.15) is 49.9 Å². The van der Waals surface area contributed by atoms with Gasteiger partial charge >= 0.3 is 0 Å². The second-order valence-electron chi connectivity index (χ2n) is 5.27. The summed E-state index contributed by atoms with van der Waals surface area (Å²) >= 11 is 3.15. The summed E-state index contributed by atoms with van der Waals surface area (Å²) in [4.78, 5) is 22.6. The van der Waals surface area contributed by atoms with E-state index in [9.17, 15) is 14.9 Å². The van der Waals surface area contributed by atoms with Crippen molar-refractivity contribution in [2.24, 2.45) is 5.92 Å². The Hall–Kier alpha value is -1.63. The number of nitrogen functional groups attached to an aromatic ring is 1. The Morgan fingerprint density at radius 1 is 1.45 bits per heavy atom. The van der Waals surface area contributed by atoms with Crippen molar-refractivity contribution in [2.45, 2.75) is 39.5 Å². The molecule has 7 heteroatoms. The molecule has 22 heavy (non-hydrogen) atoms. The van der Waals surface area contributed by atoms with Gasteiger partial charge in [0.25, 0.3) is 11.6 Å². The third kappa shape index (κ3) is 4.98. The molecule has 0 spiro atoms. The number of anilines is 1. The zero-order valence-corrected chi connectivity index (χ0v) is 14.5. The van der Waals surface area contributed by atoms with Crippen LogP contribution in [0.25, 0.3) is 0 Å². The number of hydrogen-bond donors (Lipinski definition) is 2. The number of nitro groups is 1. The first kappa shape index (κ1) is 18.4. The number of carbonyl (C=O) groups excluding carboxylic acids is 1. The van der Waals surface area contributed by atoms with E-state index in [1.165, 1.54) is 12.1 Å². The van der Waals surface area contributed by atoms with Crippen molar-refractivity contribution >= 4 is 33.2 Å². The fourth-order valence-electron chi connectivity index (χ4n) is 2.17. The van der Waals surface area contributed by atoms with E-state index in [1.54, 1.807) is 0 Å². The molecule has 1 rings (SSSR count). The molecule has 0 heterocycles. The zero-order chi connectivity index (χ0) is 16.7. The van der Waals surface area contributed by atoms with Crippen LogP contribution >= 0.6 is 15.9 Å². The Labute approximate surface area is 138 Å². The largest absolute Gasteiger partial charge is 0.397 e. The molecule has 0 aromatic heterocycles. The van der Waals surface area contributed by atoms with E-state index in [1.807, 2.05) is 0 Å². The van der Waals surface area contributed by atoms with Crippen LogP contribution in [0.15, 0.2) is 16.6 Å². The molecule has 1 unspecified atom stereocenters. The minimum atomic E-state index is -0.545. The Balaban J connectivity index is 2.82. The molecule has 0 bridgehead atoms. The molecule has 0 saturated heterocycles. The van der Waals surface area contributed by atoms with Gasteiger partial charge in [-0.05, 0) is 28.3 Å². The smallest absolute Gasteiger partial charge is 0.271 e. The molecule has 1 aromatic carbocycles. The number of unbranched alkanes of at least 4 members (excludes halogenated alkanes) is 1. The number of nitrogens with one attached hydrogen (secondary N) is 1. The molecule has 0 aliphatic rings. The maximum absolute atomic E-state index is 12.3. The lowest BCUT2D eigenvalue weighted by molar-refractivity contribution is -0.384. The van der Waals surface area contributed by atoms with Crippen molar-refractivity contribution in [3.8, 4) is 0 Å². The van der Waals surface area contributed by atoms with Gasteiger partial charge in [-0.15, -0.1) is 0 Å². The number of hydrogen-bond acceptors (Lipinski definition) is 4. The van der Waals surface area contributed by atoms with Crippen LogP contribution in [0.4, 0.5) is 11.4 Å². The highest BCUT2D eigenvalue weighted by atomic mass is 79.9. The van der Waals surface area contributed by atoms with Crippen LogP contribution < -0.4 is 11.1 Å². The summed E-state index contributed by atoms with van der Waals surface area (Å²) in [7, 11) is 0. The van der Waals surface area contributed by atoms with Crippen LogP contribution in [0, 0.1) is 16.0 Å². The maximum atomic E-state index is 12.3. The Morgan fingerprint density at radius 2 is 2.14 bits per heavy atom. The summed E-state index contributed by atoms with van der Waals surface area (Å²) in [6.07, 6.45) is 4.28. The first-order valence-electron chi connectivity index (χ1n) is 7.42. The van der Waals surface area contributed by atoms with Gasteiger partial charge in [-0.2, -0.15) is 0 Å². The van der Waals surface area contributed by atoms with Gasteiger partial charge < -0.3 is 11.1 Å². The van der Waals surface area contributed by atoms with E-state index < -0.39 is 4.92 Å². The topological polar surface area (TPSA) is 98.3 Å². The van der Waals surface area contributed by atoms with Gasteiger partial charge in [-0.3, -0.25) is 14.9 Å². The summed E-state index contributed by atoms with van der Waals surface area (Å²) in [6, 6.07) is 2.50. The van der Waals surface area contributed by atoms with Gasteiger partial charge in [0.1, 0.15) is 0 Å². The number of rotatable bonds is 8. The van der Waals surface area contributed by atoms with Crippen molar-refractivity contribution in [2.75, 3.05) is 12.3 Å². The molecular weight excluding hydrogens is 350 g/mol. The predicted molar refractivity (Wildman–Crippen MR) is 90.8 cm³/mol. The number of nitro benzene ring substituents is 1. The van der Waals surface area contributed by atoms with Crippen molar-refractivity contribution in [1.82, 2.24) is 5.32 Å². The van der Waals surface area contributed by atoms with Crippen LogP contribution in [0.2, 0.25) is 0 Å². The molecule has 6 nitrogen and oxygen atoms in total.